The molecule has 5 heteroatoms. The summed E-state index contributed by atoms with van der Waals surface area (Å²) in [4.78, 5) is 2.48. The van der Waals surface area contributed by atoms with Crippen molar-refractivity contribution in [2.45, 2.75) is 38.8 Å². The van der Waals surface area contributed by atoms with Gasteiger partial charge in [0.25, 0.3) is 0 Å². The first kappa shape index (κ1) is 12.4. The van der Waals surface area contributed by atoms with Crippen LogP contribution < -0.4 is 0 Å². The number of aryl methyl sites for hydroxylation is 1. The Labute approximate surface area is 113 Å². The zero-order valence-corrected chi connectivity index (χ0v) is 11.5. The molecule has 0 bridgehead atoms. The minimum absolute atomic E-state index is 0.352. The fourth-order valence-electron chi connectivity index (χ4n) is 2.81. The highest BCUT2D eigenvalue weighted by Crippen LogP contribution is 2.29. The van der Waals surface area contributed by atoms with Crippen molar-refractivity contribution in [3.63, 3.8) is 0 Å². The zero-order valence-electron chi connectivity index (χ0n) is 11.5. The molecule has 102 valence electrons. The van der Waals surface area contributed by atoms with Gasteiger partial charge in [0.2, 0.25) is 0 Å². The second kappa shape index (κ2) is 5.17. The molecule has 1 unspecified atom stereocenters. The van der Waals surface area contributed by atoms with Crippen LogP contribution in [-0.4, -0.2) is 33.0 Å². The number of likely N-dealkylation sites (tertiary alicyclic amines) is 1. The van der Waals surface area contributed by atoms with Crippen LogP contribution in [-0.2, 0) is 0 Å². The van der Waals surface area contributed by atoms with E-state index in [4.69, 9.17) is 4.42 Å². The van der Waals surface area contributed by atoms with Crippen LogP contribution in [0.1, 0.15) is 43.4 Å². The Hall–Kier alpha value is -1.62. The van der Waals surface area contributed by atoms with Gasteiger partial charge in [-0.25, -0.2) is 4.68 Å². The Morgan fingerprint density at radius 1 is 1.32 bits per heavy atom. The first-order valence-corrected chi connectivity index (χ1v) is 6.90. The maximum Gasteiger partial charge on any atom is 0.121 e. The van der Waals surface area contributed by atoms with E-state index in [1.54, 1.807) is 6.20 Å². The van der Waals surface area contributed by atoms with Crippen molar-refractivity contribution < 1.29 is 4.42 Å². The molecule has 0 aliphatic carbocycles. The Kier molecular flexibility index (Phi) is 3.38. The van der Waals surface area contributed by atoms with E-state index >= 15 is 0 Å². The molecule has 0 aromatic carbocycles. The molecular weight excluding hydrogens is 240 g/mol. The van der Waals surface area contributed by atoms with Crippen molar-refractivity contribution in [2.24, 2.45) is 0 Å². The van der Waals surface area contributed by atoms with Gasteiger partial charge >= 0.3 is 0 Å². The highest BCUT2D eigenvalue weighted by atomic mass is 16.3. The fourth-order valence-corrected chi connectivity index (χ4v) is 2.81. The van der Waals surface area contributed by atoms with Crippen LogP contribution in [0.3, 0.4) is 0 Å². The SMILES string of the molecule is Cc1ccc(C(C)N2CCC(n3ccnn3)CC2)o1. The summed E-state index contributed by atoms with van der Waals surface area (Å²) in [5.74, 6) is 2.05. The Morgan fingerprint density at radius 3 is 2.68 bits per heavy atom. The van der Waals surface area contributed by atoms with Crippen LogP contribution in [0.4, 0.5) is 0 Å². The summed E-state index contributed by atoms with van der Waals surface area (Å²) < 4.78 is 7.71. The quantitative estimate of drug-likeness (QED) is 0.851. The van der Waals surface area contributed by atoms with Crippen LogP contribution in [0.2, 0.25) is 0 Å². The van der Waals surface area contributed by atoms with Crippen molar-refractivity contribution in [2.75, 3.05) is 13.1 Å². The van der Waals surface area contributed by atoms with Gasteiger partial charge in [0, 0.05) is 19.3 Å². The van der Waals surface area contributed by atoms with E-state index in [9.17, 15) is 0 Å². The van der Waals surface area contributed by atoms with E-state index in [0.717, 1.165) is 37.5 Å². The number of furan rings is 1. The largest absolute Gasteiger partial charge is 0.465 e. The topological polar surface area (TPSA) is 47.1 Å². The third-order valence-electron chi connectivity index (χ3n) is 4.03. The van der Waals surface area contributed by atoms with E-state index in [1.165, 1.54) is 0 Å². The summed E-state index contributed by atoms with van der Waals surface area (Å²) >= 11 is 0. The monoisotopic (exact) mass is 260 g/mol. The maximum atomic E-state index is 5.73. The number of nitrogens with zero attached hydrogens (tertiary/aromatic N) is 4. The van der Waals surface area contributed by atoms with E-state index in [2.05, 4.69) is 28.2 Å². The molecule has 1 fully saturated rings. The molecule has 0 spiro atoms. The Bertz CT molecular complexity index is 511. The van der Waals surface area contributed by atoms with Crippen LogP contribution in [0.15, 0.2) is 28.9 Å². The molecule has 3 rings (SSSR count). The fraction of sp³-hybridized carbons (Fsp3) is 0.571. The summed E-state index contributed by atoms with van der Waals surface area (Å²) in [5.41, 5.74) is 0. The molecule has 3 heterocycles. The molecule has 0 radical (unpaired) electrons. The molecule has 0 saturated carbocycles. The van der Waals surface area contributed by atoms with Crippen molar-refractivity contribution in [3.05, 3.63) is 36.0 Å². The van der Waals surface area contributed by atoms with E-state index < -0.39 is 0 Å². The summed E-state index contributed by atoms with van der Waals surface area (Å²) in [5, 5.41) is 7.99. The van der Waals surface area contributed by atoms with Gasteiger partial charge < -0.3 is 4.42 Å². The first-order valence-electron chi connectivity index (χ1n) is 6.90. The predicted octanol–water partition coefficient (Wildman–Crippen LogP) is 2.58. The second-order valence-corrected chi connectivity index (χ2v) is 5.27. The molecule has 19 heavy (non-hydrogen) atoms. The standard InChI is InChI=1S/C14H20N4O/c1-11-3-4-14(19-11)12(2)17-8-5-13(6-9-17)18-10-7-15-16-18/h3-4,7,10,12-13H,5-6,8-9H2,1-2H3. The van der Waals surface area contributed by atoms with Gasteiger partial charge in [-0.1, -0.05) is 5.21 Å². The molecule has 5 nitrogen and oxygen atoms in total. The normalized spacial score (nSPS) is 19.7. The van der Waals surface area contributed by atoms with E-state index in [1.807, 2.05) is 23.9 Å². The van der Waals surface area contributed by atoms with Crippen LogP contribution in [0.25, 0.3) is 0 Å². The molecule has 0 amide bonds. The summed E-state index contributed by atoms with van der Waals surface area (Å²) in [6.45, 7) is 6.36. The summed E-state index contributed by atoms with van der Waals surface area (Å²) in [6.07, 6.45) is 5.95. The minimum Gasteiger partial charge on any atom is -0.465 e. The Morgan fingerprint density at radius 2 is 2.11 bits per heavy atom. The third kappa shape index (κ3) is 2.56. The Balaban J connectivity index is 1.61. The molecule has 1 aliphatic rings. The number of rotatable bonds is 3. The number of hydrogen-bond acceptors (Lipinski definition) is 4. The summed E-state index contributed by atoms with van der Waals surface area (Å²) in [6, 6.07) is 4.96. The number of hydrogen-bond donors (Lipinski definition) is 0. The number of aromatic nitrogens is 3. The molecule has 0 N–H and O–H groups in total. The van der Waals surface area contributed by atoms with Crippen LogP contribution in [0, 0.1) is 6.92 Å². The minimum atomic E-state index is 0.352. The smallest absolute Gasteiger partial charge is 0.121 e. The van der Waals surface area contributed by atoms with Gasteiger partial charge in [-0.3, -0.25) is 4.90 Å². The molecule has 2 aromatic rings. The van der Waals surface area contributed by atoms with Gasteiger partial charge in [-0.05, 0) is 38.8 Å². The molecular formula is C14H20N4O. The van der Waals surface area contributed by atoms with Gasteiger partial charge in [-0.2, -0.15) is 0 Å². The molecule has 1 aliphatic heterocycles. The average Bonchev–Trinajstić information content (AvgIpc) is 3.09. The number of piperidine rings is 1. The highest BCUT2D eigenvalue weighted by Gasteiger charge is 2.26. The average molecular weight is 260 g/mol. The first-order chi connectivity index (χ1) is 9.24. The van der Waals surface area contributed by atoms with Crippen molar-refractivity contribution in [1.29, 1.82) is 0 Å². The summed E-state index contributed by atoms with van der Waals surface area (Å²) in [7, 11) is 0. The lowest BCUT2D eigenvalue weighted by atomic mass is 10.0. The second-order valence-electron chi connectivity index (χ2n) is 5.27. The van der Waals surface area contributed by atoms with Gasteiger partial charge in [0.15, 0.2) is 0 Å². The lowest BCUT2D eigenvalue weighted by Crippen LogP contribution is -2.36. The van der Waals surface area contributed by atoms with Crippen LogP contribution in [0.5, 0.6) is 0 Å². The molecule has 1 saturated heterocycles. The van der Waals surface area contributed by atoms with Gasteiger partial charge in [-0.15, -0.1) is 5.10 Å². The predicted molar refractivity (Wildman–Crippen MR) is 71.7 cm³/mol. The van der Waals surface area contributed by atoms with Gasteiger partial charge in [0.05, 0.1) is 18.3 Å². The van der Waals surface area contributed by atoms with Crippen molar-refractivity contribution >= 4 is 0 Å². The van der Waals surface area contributed by atoms with E-state index in [-0.39, 0.29) is 0 Å². The van der Waals surface area contributed by atoms with E-state index in [0.29, 0.717) is 12.1 Å². The highest BCUT2D eigenvalue weighted by molar-refractivity contribution is 5.09. The third-order valence-corrected chi connectivity index (χ3v) is 4.03. The lowest BCUT2D eigenvalue weighted by Gasteiger charge is -2.35. The van der Waals surface area contributed by atoms with Crippen molar-refractivity contribution in [1.82, 2.24) is 19.9 Å². The lowest BCUT2D eigenvalue weighted by molar-refractivity contribution is 0.125. The maximum absolute atomic E-state index is 5.73. The molecule has 1 atom stereocenters. The molecule has 2 aromatic heterocycles. The van der Waals surface area contributed by atoms with Gasteiger partial charge in [0.1, 0.15) is 11.5 Å². The zero-order chi connectivity index (χ0) is 13.2. The van der Waals surface area contributed by atoms with Crippen LogP contribution >= 0.6 is 0 Å². The van der Waals surface area contributed by atoms with Crippen molar-refractivity contribution in [3.8, 4) is 0 Å².